The Balaban J connectivity index is 2.04. The van der Waals surface area contributed by atoms with Crippen molar-refractivity contribution in [2.24, 2.45) is 5.73 Å². The topological polar surface area (TPSA) is 103 Å². The summed E-state index contributed by atoms with van der Waals surface area (Å²) in [7, 11) is 0. The van der Waals surface area contributed by atoms with Crippen LogP contribution in [0.25, 0.3) is 10.2 Å². The van der Waals surface area contributed by atoms with Gasteiger partial charge in [0.05, 0.1) is 22.6 Å². The zero-order chi connectivity index (χ0) is 20.8. The van der Waals surface area contributed by atoms with E-state index in [0.717, 1.165) is 6.07 Å². The SMILES string of the molecule is Cc1cc(C(F)(F)F)nc2sc(C(N)=O)c(NC(=O)Cn3ncc(Cl)c3C)c12. The average Bonchev–Trinajstić information content (AvgIpc) is 3.09. The van der Waals surface area contributed by atoms with Gasteiger partial charge in [-0.05, 0) is 25.5 Å². The van der Waals surface area contributed by atoms with Crippen LogP contribution in [-0.4, -0.2) is 26.6 Å². The minimum atomic E-state index is -4.64. The molecule has 148 valence electrons. The van der Waals surface area contributed by atoms with Gasteiger partial charge in [-0.25, -0.2) is 4.98 Å². The van der Waals surface area contributed by atoms with Crippen molar-refractivity contribution < 1.29 is 22.8 Å². The molecule has 0 saturated heterocycles. The number of carbonyl (C=O) groups is 2. The van der Waals surface area contributed by atoms with Crippen LogP contribution in [0, 0.1) is 13.8 Å². The minimum Gasteiger partial charge on any atom is -0.365 e. The van der Waals surface area contributed by atoms with Crippen LogP contribution < -0.4 is 11.1 Å². The Morgan fingerprint density at radius 1 is 1.36 bits per heavy atom. The van der Waals surface area contributed by atoms with Crippen molar-refractivity contribution in [1.82, 2.24) is 14.8 Å². The van der Waals surface area contributed by atoms with Crippen LogP contribution in [0.4, 0.5) is 18.9 Å². The molecule has 0 saturated carbocycles. The number of halogens is 4. The molecule has 0 spiro atoms. The van der Waals surface area contributed by atoms with Gasteiger partial charge in [0, 0.05) is 5.39 Å². The summed E-state index contributed by atoms with van der Waals surface area (Å²) >= 11 is 6.59. The number of pyridine rings is 1. The first kappa shape index (κ1) is 20.1. The Kier molecular flexibility index (Phi) is 5.06. The highest BCUT2D eigenvalue weighted by molar-refractivity contribution is 7.21. The largest absolute Gasteiger partial charge is 0.433 e. The molecule has 0 bridgehead atoms. The van der Waals surface area contributed by atoms with Gasteiger partial charge in [-0.15, -0.1) is 11.3 Å². The molecule has 3 heterocycles. The van der Waals surface area contributed by atoms with Crippen LogP contribution in [0.15, 0.2) is 12.3 Å². The zero-order valence-electron chi connectivity index (χ0n) is 14.5. The Hall–Kier alpha value is -2.66. The van der Waals surface area contributed by atoms with Gasteiger partial charge >= 0.3 is 6.18 Å². The lowest BCUT2D eigenvalue weighted by atomic mass is 10.1. The smallest absolute Gasteiger partial charge is 0.365 e. The highest BCUT2D eigenvalue weighted by Gasteiger charge is 2.34. The minimum absolute atomic E-state index is 0.0344. The fourth-order valence-electron chi connectivity index (χ4n) is 2.62. The molecule has 0 radical (unpaired) electrons. The van der Waals surface area contributed by atoms with Crippen LogP contribution in [0.3, 0.4) is 0 Å². The number of thiophene rings is 1. The van der Waals surface area contributed by atoms with Gasteiger partial charge in [0.2, 0.25) is 5.91 Å². The van der Waals surface area contributed by atoms with Gasteiger partial charge in [-0.2, -0.15) is 18.3 Å². The number of fused-ring (bicyclic) bond motifs is 1. The standard InChI is InChI=1S/C16H13ClF3N5O2S/c1-6-3-9(16(18,19)20)23-15-11(6)12(13(28-15)14(21)27)24-10(26)5-25-7(2)8(17)4-22-25/h3-4H,5H2,1-2H3,(H2,21,27)(H,24,26). The number of aryl methyl sites for hydroxylation is 1. The first-order valence-electron chi connectivity index (χ1n) is 7.78. The summed E-state index contributed by atoms with van der Waals surface area (Å²) in [4.78, 5) is 27.7. The number of anilines is 1. The maximum Gasteiger partial charge on any atom is 0.433 e. The molecule has 0 aliphatic heterocycles. The third-order valence-electron chi connectivity index (χ3n) is 3.97. The molecule has 2 amide bonds. The van der Waals surface area contributed by atoms with Crippen LogP contribution in [0.1, 0.15) is 26.6 Å². The van der Waals surface area contributed by atoms with Crippen molar-refractivity contribution in [3.05, 3.63) is 39.1 Å². The number of amides is 2. The molecule has 3 rings (SSSR count). The zero-order valence-corrected chi connectivity index (χ0v) is 16.1. The molecule has 0 unspecified atom stereocenters. The molecule has 3 aromatic rings. The van der Waals surface area contributed by atoms with Gasteiger partial charge in [-0.1, -0.05) is 11.6 Å². The number of carbonyl (C=O) groups excluding carboxylic acids is 2. The second-order valence-electron chi connectivity index (χ2n) is 5.96. The predicted molar refractivity (Wildman–Crippen MR) is 98.5 cm³/mol. The van der Waals surface area contributed by atoms with E-state index in [0.29, 0.717) is 22.1 Å². The van der Waals surface area contributed by atoms with Crippen LogP contribution in [-0.2, 0) is 17.5 Å². The van der Waals surface area contributed by atoms with Gasteiger partial charge in [-0.3, -0.25) is 14.3 Å². The Labute approximate surface area is 165 Å². The molecule has 0 aromatic carbocycles. The highest BCUT2D eigenvalue weighted by atomic mass is 35.5. The van der Waals surface area contributed by atoms with Crippen molar-refractivity contribution in [3.8, 4) is 0 Å². The van der Waals surface area contributed by atoms with Crippen molar-refractivity contribution >= 4 is 50.7 Å². The van der Waals surface area contributed by atoms with Crippen molar-refractivity contribution in [1.29, 1.82) is 0 Å². The van der Waals surface area contributed by atoms with Crippen LogP contribution >= 0.6 is 22.9 Å². The maximum absolute atomic E-state index is 13.0. The van der Waals surface area contributed by atoms with E-state index in [4.69, 9.17) is 17.3 Å². The number of rotatable bonds is 4. The van der Waals surface area contributed by atoms with Crippen molar-refractivity contribution in [3.63, 3.8) is 0 Å². The van der Waals surface area contributed by atoms with E-state index in [1.165, 1.54) is 17.8 Å². The molecular formula is C16H13ClF3N5O2S. The third kappa shape index (κ3) is 3.67. The van der Waals surface area contributed by atoms with Crippen molar-refractivity contribution in [2.45, 2.75) is 26.6 Å². The molecule has 0 aliphatic rings. The van der Waals surface area contributed by atoms with Gasteiger partial charge in [0.1, 0.15) is 21.9 Å². The number of hydrogen-bond donors (Lipinski definition) is 2. The summed E-state index contributed by atoms with van der Waals surface area (Å²) in [5.41, 5.74) is 5.06. The molecule has 7 nitrogen and oxygen atoms in total. The molecule has 0 aliphatic carbocycles. The maximum atomic E-state index is 13.0. The summed E-state index contributed by atoms with van der Waals surface area (Å²) in [5.74, 6) is -1.44. The van der Waals surface area contributed by atoms with E-state index in [2.05, 4.69) is 15.4 Å². The Morgan fingerprint density at radius 3 is 2.57 bits per heavy atom. The number of nitrogens with two attached hydrogens (primary N) is 1. The lowest BCUT2D eigenvalue weighted by Gasteiger charge is -2.10. The molecule has 3 N–H and O–H groups in total. The molecule has 0 atom stereocenters. The van der Waals surface area contributed by atoms with E-state index in [9.17, 15) is 22.8 Å². The van der Waals surface area contributed by atoms with Gasteiger partial charge in [0.25, 0.3) is 5.91 Å². The second-order valence-corrected chi connectivity index (χ2v) is 7.36. The van der Waals surface area contributed by atoms with Gasteiger partial charge in [0.15, 0.2) is 0 Å². The number of nitrogens with zero attached hydrogens (tertiary/aromatic N) is 3. The molecular weight excluding hydrogens is 419 g/mol. The summed E-state index contributed by atoms with van der Waals surface area (Å²) < 4.78 is 40.4. The summed E-state index contributed by atoms with van der Waals surface area (Å²) in [6.07, 6.45) is -3.26. The van der Waals surface area contributed by atoms with Crippen LogP contribution in [0.5, 0.6) is 0 Å². The summed E-state index contributed by atoms with van der Waals surface area (Å²) in [6, 6.07) is 0.854. The fraction of sp³-hybridized carbons (Fsp3) is 0.250. The number of alkyl halides is 3. The number of aromatic nitrogens is 3. The molecule has 12 heteroatoms. The van der Waals surface area contributed by atoms with E-state index in [-0.39, 0.29) is 32.9 Å². The molecule has 3 aromatic heterocycles. The highest BCUT2D eigenvalue weighted by Crippen LogP contribution is 2.39. The molecule has 0 fully saturated rings. The monoisotopic (exact) mass is 431 g/mol. The second kappa shape index (κ2) is 7.06. The summed E-state index contributed by atoms with van der Waals surface area (Å²) in [6.45, 7) is 2.90. The average molecular weight is 432 g/mol. The van der Waals surface area contributed by atoms with Crippen LogP contribution in [0.2, 0.25) is 5.02 Å². The first-order valence-corrected chi connectivity index (χ1v) is 8.97. The number of hydrogen-bond acceptors (Lipinski definition) is 5. The predicted octanol–water partition coefficient (Wildman–Crippen LogP) is 3.52. The quantitative estimate of drug-likeness (QED) is 0.659. The van der Waals surface area contributed by atoms with Gasteiger partial charge < -0.3 is 11.1 Å². The molecule has 28 heavy (non-hydrogen) atoms. The number of nitrogens with one attached hydrogen (secondary N) is 1. The van der Waals surface area contributed by atoms with Crippen molar-refractivity contribution in [2.75, 3.05) is 5.32 Å². The fourth-order valence-corrected chi connectivity index (χ4v) is 3.82. The Bertz CT molecular complexity index is 1110. The van der Waals surface area contributed by atoms with E-state index in [1.54, 1.807) is 6.92 Å². The van der Waals surface area contributed by atoms with E-state index < -0.39 is 23.7 Å². The number of primary amides is 1. The lowest BCUT2D eigenvalue weighted by molar-refractivity contribution is -0.141. The first-order chi connectivity index (χ1) is 13.0. The van der Waals surface area contributed by atoms with E-state index >= 15 is 0 Å². The third-order valence-corrected chi connectivity index (χ3v) is 5.44. The van der Waals surface area contributed by atoms with E-state index in [1.807, 2.05) is 0 Å². The summed E-state index contributed by atoms with van der Waals surface area (Å²) in [5, 5.41) is 7.12. The Morgan fingerprint density at radius 2 is 2.04 bits per heavy atom. The lowest BCUT2D eigenvalue weighted by Crippen LogP contribution is -2.22. The normalized spacial score (nSPS) is 11.8.